The van der Waals surface area contributed by atoms with Crippen LogP contribution in [0.2, 0.25) is 0 Å². The van der Waals surface area contributed by atoms with E-state index in [0.717, 1.165) is 16.7 Å². The van der Waals surface area contributed by atoms with Gasteiger partial charge < -0.3 is 34.6 Å². The van der Waals surface area contributed by atoms with Crippen LogP contribution in [0.5, 0.6) is 5.75 Å². The number of hydrogen-bond acceptors (Lipinski definition) is 14. The van der Waals surface area contributed by atoms with Gasteiger partial charge in [0.15, 0.2) is 22.3 Å². The van der Waals surface area contributed by atoms with Crippen molar-refractivity contribution >= 4 is 63.8 Å². The van der Waals surface area contributed by atoms with Crippen molar-refractivity contribution in [2.24, 2.45) is 5.16 Å². The van der Waals surface area contributed by atoms with Crippen molar-refractivity contribution in [3.8, 4) is 5.75 Å². The Bertz CT molecular complexity index is 2620. The molecule has 2 aliphatic heterocycles. The molecule has 0 spiro atoms. The molecule has 6 aromatic rings. The Balaban J connectivity index is 1.04. The Hall–Kier alpha value is -7.50. The van der Waals surface area contributed by atoms with Gasteiger partial charge in [-0.1, -0.05) is 120 Å². The highest BCUT2D eigenvalue weighted by molar-refractivity contribution is 8.00. The Morgan fingerprint density at radius 2 is 1.54 bits per heavy atom. The predicted molar refractivity (Wildman–Crippen MR) is 236 cm³/mol. The van der Waals surface area contributed by atoms with E-state index in [-0.39, 0.29) is 40.9 Å². The van der Waals surface area contributed by atoms with Crippen molar-refractivity contribution in [2.45, 2.75) is 23.6 Å². The zero-order valence-electron chi connectivity index (χ0n) is 33.7. The summed E-state index contributed by atoms with van der Waals surface area (Å²) in [6, 6.07) is 37.1. The number of methoxy groups -OCH3 is 1. The van der Waals surface area contributed by atoms with Crippen LogP contribution < -0.4 is 15.4 Å². The zero-order valence-corrected chi connectivity index (χ0v) is 35.3. The number of carboxylic acids is 1. The van der Waals surface area contributed by atoms with Gasteiger partial charge in [0.05, 0.1) is 7.11 Å². The van der Waals surface area contributed by atoms with E-state index in [4.69, 9.17) is 23.8 Å². The van der Waals surface area contributed by atoms with E-state index in [1.165, 1.54) is 53.3 Å². The number of esters is 1. The highest BCUT2D eigenvalue weighted by Crippen LogP contribution is 2.43. The molecule has 8 rings (SSSR count). The van der Waals surface area contributed by atoms with E-state index in [2.05, 4.69) is 20.9 Å². The van der Waals surface area contributed by atoms with Crippen LogP contribution in [0.25, 0.3) is 6.08 Å². The third kappa shape index (κ3) is 8.69. The van der Waals surface area contributed by atoms with Gasteiger partial charge in [0, 0.05) is 17.2 Å². The van der Waals surface area contributed by atoms with Crippen molar-refractivity contribution in [2.75, 3.05) is 25.3 Å². The molecule has 3 N–H and O–H groups in total. The lowest BCUT2D eigenvalue weighted by Crippen LogP contribution is -2.71. The number of carboxylic acid groups (broad SMARTS) is 1. The molecule has 318 valence electrons. The maximum Gasteiger partial charge on any atom is 0.358 e. The van der Waals surface area contributed by atoms with Crippen molar-refractivity contribution in [1.29, 1.82) is 0 Å². The number of aromatic carboxylic acids is 1. The molecule has 4 heterocycles. The van der Waals surface area contributed by atoms with E-state index in [0.29, 0.717) is 22.0 Å². The predicted octanol–water partition coefficient (Wildman–Crippen LogP) is 6.70. The number of thiazole rings is 1. The fourth-order valence-electron chi connectivity index (χ4n) is 7.24. The number of oxime groups is 1. The molecule has 0 radical (unpaired) electrons. The molecule has 15 nitrogen and oxygen atoms in total. The number of fused-ring (bicyclic) bond motifs is 1. The molecule has 0 aliphatic carbocycles. The molecule has 1 saturated heterocycles. The Labute approximate surface area is 369 Å². The molecule has 63 heavy (non-hydrogen) atoms. The molecule has 0 saturated carbocycles. The summed E-state index contributed by atoms with van der Waals surface area (Å²) in [5.41, 5.74) is 2.81. The number of rotatable bonds is 16. The van der Waals surface area contributed by atoms with Gasteiger partial charge in [0.25, 0.3) is 11.8 Å². The second-order valence-electron chi connectivity index (χ2n) is 14.0. The molecule has 17 heteroatoms. The molecule has 0 unspecified atom stereocenters. The largest absolute Gasteiger partial charge is 0.497 e. The monoisotopic (exact) mass is 882 g/mol. The summed E-state index contributed by atoms with van der Waals surface area (Å²) >= 11 is 2.59. The first-order chi connectivity index (χ1) is 30.7. The highest BCUT2D eigenvalue weighted by Gasteiger charge is 2.54. The summed E-state index contributed by atoms with van der Waals surface area (Å²) in [5.74, 6) is -2.36. The van der Waals surface area contributed by atoms with Crippen molar-refractivity contribution in [3.05, 3.63) is 183 Å². The lowest BCUT2D eigenvalue weighted by Gasteiger charge is -2.49. The van der Waals surface area contributed by atoms with Crippen LogP contribution in [0.1, 0.15) is 44.2 Å². The average Bonchev–Trinajstić information content (AvgIpc) is 4.01. The van der Waals surface area contributed by atoms with E-state index in [9.17, 15) is 24.3 Å². The van der Waals surface area contributed by atoms with Gasteiger partial charge in [-0.2, -0.15) is 0 Å². The zero-order chi connectivity index (χ0) is 43.9. The number of β-lactam (4-membered cyclic amide) rings is 1. The lowest BCUT2D eigenvalue weighted by atomic mass is 9.77. The summed E-state index contributed by atoms with van der Waals surface area (Å²) in [7, 11) is 2.85. The molecule has 2 aliphatic rings. The van der Waals surface area contributed by atoms with Gasteiger partial charge in [-0.05, 0) is 46.0 Å². The summed E-state index contributed by atoms with van der Waals surface area (Å²) < 4.78 is 16.0. The van der Waals surface area contributed by atoms with Crippen LogP contribution in [0.4, 0.5) is 5.13 Å². The Morgan fingerprint density at radius 3 is 2.11 bits per heavy atom. The van der Waals surface area contributed by atoms with Crippen LogP contribution >= 0.6 is 23.1 Å². The number of benzene rings is 4. The van der Waals surface area contributed by atoms with Gasteiger partial charge in [-0.15, -0.1) is 23.1 Å². The number of aromatic nitrogens is 2. The van der Waals surface area contributed by atoms with E-state index >= 15 is 0 Å². The van der Waals surface area contributed by atoms with Gasteiger partial charge in [-0.25, -0.2) is 14.6 Å². The third-order valence-electron chi connectivity index (χ3n) is 10.3. The first-order valence-corrected chi connectivity index (χ1v) is 21.3. The quantitative estimate of drug-likeness (QED) is 0.0306. The molecule has 2 atom stereocenters. The molecule has 4 aromatic carbocycles. The molecule has 2 aromatic heterocycles. The minimum absolute atomic E-state index is 0.0308. The van der Waals surface area contributed by atoms with Gasteiger partial charge in [-0.3, -0.25) is 14.5 Å². The van der Waals surface area contributed by atoms with Crippen LogP contribution in [0.15, 0.2) is 154 Å². The van der Waals surface area contributed by atoms with Crippen LogP contribution in [0.3, 0.4) is 0 Å². The molecule has 0 bridgehead atoms. The SMILES string of the molecule is CO/N=C(\C(=O)N[C@@H]1C(=O)N2C(C(=O)OCc3ccc(OC)cc3)=C(/C=C\c3cc(C(=O)O)no3)CS[C@H]12)c1csc(NC(c2ccccc2)(c2ccccc2)c2ccccc2)n1. The number of hydrogen-bond donors (Lipinski definition) is 3. The topological polar surface area (TPSA) is 195 Å². The van der Waals surface area contributed by atoms with Crippen LogP contribution in [0, 0.1) is 0 Å². The van der Waals surface area contributed by atoms with Gasteiger partial charge >= 0.3 is 11.9 Å². The second-order valence-corrected chi connectivity index (χ2v) is 16.0. The van der Waals surface area contributed by atoms with Crippen molar-refractivity contribution < 1.29 is 43.1 Å². The summed E-state index contributed by atoms with van der Waals surface area (Å²) in [4.78, 5) is 64.5. The molecular formula is C46H38N6O9S2. The fraction of sp³-hybridized carbons (Fsp3) is 0.152. The van der Waals surface area contributed by atoms with Crippen LogP contribution in [-0.2, 0) is 36.1 Å². The highest BCUT2D eigenvalue weighted by atomic mass is 32.2. The number of anilines is 1. The smallest absolute Gasteiger partial charge is 0.358 e. The average molecular weight is 883 g/mol. The van der Waals surface area contributed by atoms with E-state index < -0.39 is 40.7 Å². The summed E-state index contributed by atoms with van der Waals surface area (Å²) in [6.07, 6.45) is 2.99. The summed E-state index contributed by atoms with van der Waals surface area (Å²) in [5, 5.41) is 24.8. The van der Waals surface area contributed by atoms with E-state index in [1.54, 1.807) is 36.8 Å². The van der Waals surface area contributed by atoms with Gasteiger partial charge in [0.1, 0.15) is 47.8 Å². The number of nitrogens with one attached hydrogen (secondary N) is 2. The lowest BCUT2D eigenvalue weighted by molar-refractivity contribution is -0.153. The van der Waals surface area contributed by atoms with Crippen molar-refractivity contribution in [3.63, 3.8) is 0 Å². The number of amides is 2. The molecule has 1 fully saturated rings. The first kappa shape index (κ1) is 42.2. The number of allylic oxidation sites excluding steroid dienone is 1. The Morgan fingerprint density at radius 1 is 0.905 bits per heavy atom. The minimum atomic E-state index is -1.27. The van der Waals surface area contributed by atoms with E-state index in [1.807, 2.05) is 91.0 Å². The second kappa shape index (κ2) is 18.6. The maximum absolute atomic E-state index is 14.1. The minimum Gasteiger partial charge on any atom is -0.497 e. The number of ether oxygens (including phenoxy) is 2. The fourth-order valence-corrected chi connectivity index (χ4v) is 9.31. The maximum atomic E-state index is 14.1. The van der Waals surface area contributed by atoms with Crippen LogP contribution in [-0.4, -0.2) is 81.0 Å². The number of carbonyl (C=O) groups excluding carboxylic acids is 3. The van der Waals surface area contributed by atoms with Crippen molar-refractivity contribution in [1.82, 2.24) is 20.4 Å². The summed E-state index contributed by atoms with van der Waals surface area (Å²) in [6.45, 7) is -0.0993. The standard InChI is InChI=1S/C46H38N6O9S2/c1-58-33-21-18-28(19-22-33)25-60-44(57)39-29(20-23-34-24-35(43(55)56)50-61-34)26-62-42-38(41(54)52(39)42)48-40(53)37(51-59-2)36-27-63-45(47-36)49-46(30-12-6-3-7-13-30,31-14-8-4-9-15-31)32-16-10-5-11-17-32/h3-24,27,38,42H,25-26H2,1-2H3,(H,47,49)(H,48,53)(H,55,56)/b23-20-,51-37-/t38-,42-/m1/s1. The normalized spacial score (nSPS) is 16.3. The first-order valence-electron chi connectivity index (χ1n) is 19.4. The van der Waals surface area contributed by atoms with Gasteiger partial charge in [0.2, 0.25) is 0 Å². The Kier molecular flexibility index (Phi) is 12.5. The number of nitrogens with zero attached hydrogens (tertiary/aromatic N) is 4. The third-order valence-corrected chi connectivity index (χ3v) is 12.3. The number of thioether (sulfide) groups is 1. The molecular weight excluding hydrogens is 845 g/mol. The molecule has 2 amide bonds. The number of carbonyl (C=O) groups is 4.